The molecule has 0 radical (unpaired) electrons. The van der Waals surface area contributed by atoms with Crippen LogP contribution >= 0.6 is 11.6 Å². The van der Waals surface area contributed by atoms with Crippen molar-refractivity contribution in [3.8, 4) is 0 Å². The molecule has 0 fully saturated rings. The van der Waals surface area contributed by atoms with Gasteiger partial charge in [0.15, 0.2) is 0 Å². The SMILES string of the molecule is Cn1c(CCCO)nc2cc(NC(=O)CC(c3ccc(Cl)cc3)n3cccc3)ccc21. The molecule has 160 valence electrons. The zero-order valence-electron chi connectivity index (χ0n) is 17.3. The number of hydrogen-bond donors (Lipinski definition) is 2. The molecule has 2 heterocycles. The van der Waals surface area contributed by atoms with Gasteiger partial charge in [0.05, 0.1) is 23.5 Å². The van der Waals surface area contributed by atoms with E-state index in [1.165, 1.54) is 0 Å². The number of aliphatic hydroxyl groups is 1. The Balaban J connectivity index is 1.52. The molecule has 6 nitrogen and oxygen atoms in total. The largest absolute Gasteiger partial charge is 0.396 e. The average molecular weight is 437 g/mol. The van der Waals surface area contributed by atoms with Gasteiger partial charge < -0.3 is 19.6 Å². The lowest BCUT2D eigenvalue weighted by molar-refractivity contribution is -0.116. The third-order valence-corrected chi connectivity index (χ3v) is 5.69. The van der Waals surface area contributed by atoms with Gasteiger partial charge in [0.2, 0.25) is 5.91 Å². The summed E-state index contributed by atoms with van der Waals surface area (Å²) in [5.41, 5.74) is 3.56. The monoisotopic (exact) mass is 436 g/mol. The van der Waals surface area contributed by atoms with Crippen LogP contribution in [0.25, 0.3) is 11.0 Å². The Morgan fingerprint density at radius 2 is 1.90 bits per heavy atom. The quantitative estimate of drug-likeness (QED) is 0.425. The second-order valence-corrected chi connectivity index (χ2v) is 8.00. The number of carbonyl (C=O) groups is 1. The number of nitrogens with one attached hydrogen (secondary N) is 1. The number of aliphatic hydroxyl groups excluding tert-OH is 1. The van der Waals surface area contributed by atoms with E-state index in [0.717, 1.165) is 22.4 Å². The fraction of sp³-hybridized carbons (Fsp3) is 0.250. The van der Waals surface area contributed by atoms with Crippen molar-refractivity contribution in [2.75, 3.05) is 11.9 Å². The standard InChI is InChI=1S/C24H25ClN4O2/c1-28-21-11-10-19(15-20(21)27-23(28)5-4-14-30)26-24(31)16-22(29-12-2-3-13-29)17-6-8-18(25)9-7-17/h2-3,6-13,15,22,30H,4-5,14,16H2,1H3,(H,26,31). The number of imidazole rings is 1. The van der Waals surface area contributed by atoms with Crippen molar-refractivity contribution in [3.63, 3.8) is 0 Å². The van der Waals surface area contributed by atoms with Gasteiger partial charge in [-0.15, -0.1) is 0 Å². The van der Waals surface area contributed by atoms with Crippen LogP contribution in [0.2, 0.25) is 5.02 Å². The Morgan fingerprint density at radius 3 is 2.61 bits per heavy atom. The number of nitrogens with zero attached hydrogens (tertiary/aromatic N) is 3. The minimum Gasteiger partial charge on any atom is -0.396 e. The smallest absolute Gasteiger partial charge is 0.226 e. The average Bonchev–Trinajstić information content (AvgIpc) is 3.40. The zero-order valence-corrected chi connectivity index (χ0v) is 18.1. The summed E-state index contributed by atoms with van der Waals surface area (Å²) in [6.45, 7) is 0.140. The van der Waals surface area contributed by atoms with E-state index < -0.39 is 0 Å². The van der Waals surface area contributed by atoms with Gasteiger partial charge in [-0.25, -0.2) is 4.98 Å². The minimum absolute atomic E-state index is 0.0792. The third kappa shape index (κ3) is 4.81. The van der Waals surface area contributed by atoms with Crippen molar-refractivity contribution < 1.29 is 9.90 Å². The lowest BCUT2D eigenvalue weighted by Crippen LogP contribution is -2.19. The maximum absolute atomic E-state index is 12.9. The molecule has 2 N–H and O–H groups in total. The maximum atomic E-state index is 12.9. The summed E-state index contributed by atoms with van der Waals surface area (Å²) in [6.07, 6.45) is 5.59. The summed E-state index contributed by atoms with van der Waals surface area (Å²) in [5, 5.41) is 12.8. The number of benzene rings is 2. The summed E-state index contributed by atoms with van der Waals surface area (Å²) in [4.78, 5) is 17.6. The maximum Gasteiger partial charge on any atom is 0.226 e. The van der Waals surface area contributed by atoms with E-state index in [0.29, 0.717) is 23.6 Å². The number of hydrogen-bond acceptors (Lipinski definition) is 3. The molecule has 31 heavy (non-hydrogen) atoms. The van der Waals surface area contributed by atoms with Crippen LogP contribution in [-0.2, 0) is 18.3 Å². The second kappa shape index (κ2) is 9.37. The molecule has 0 aliphatic rings. The number of anilines is 1. The highest BCUT2D eigenvalue weighted by Gasteiger charge is 2.18. The number of fused-ring (bicyclic) bond motifs is 1. The first-order chi connectivity index (χ1) is 15.0. The first-order valence-corrected chi connectivity index (χ1v) is 10.7. The molecule has 0 aliphatic carbocycles. The molecule has 1 amide bonds. The van der Waals surface area contributed by atoms with Gasteiger partial charge in [0.25, 0.3) is 0 Å². The summed E-state index contributed by atoms with van der Waals surface area (Å²) in [5.74, 6) is 0.840. The van der Waals surface area contributed by atoms with E-state index in [1.807, 2.05) is 83.2 Å². The summed E-state index contributed by atoms with van der Waals surface area (Å²) in [7, 11) is 1.97. The van der Waals surface area contributed by atoms with Gasteiger partial charge in [-0.05, 0) is 54.4 Å². The Kier molecular flexibility index (Phi) is 6.39. The van der Waals surface area contributed by atoms with E-state index >= 15 is 0 Å². The van der Waals surface area contributed by atoms with E-state index in [2.05, 4.69) is 10.3 Å². The van der Waals surface area contributed by atoms with Crippen molar-refractivity contribution in [2.45, 2.75) is 25.3 Å². The van der Waals surface area contributed by atoms with Crippen LogP contribution in [0.15, 0.2) is 67.0 Å². The number of halogens is 1. The second-order valence-electron chi connectivity index (χ2n) is 7.57. The first kappa shape index (κ1) is 21.2. The summed E-state index contributed by atoms with van der Waals surface area (Å²) >= 11 is 6.04. The van der Waals surface area contributed by atoms with Crippen LogP contribution < -0.4 is 5.32 Å². The molecule has 0 aliphatic heterocycles. The Hall–Kier alpha value is -3.09. The van der Waals surface area contributed by atoms with Crippen LogP contribution in [0.4, 0.5) is 5.69 Å². The molecule has 1 unspecified atom stereocenters. The Bertz CT molecular complexity index is 1170. The molecular weight excluding hydrogens is 412 g/mol. The van der Waals surface area contributed by atoms with E-state index in [1.54, 1.807) is 0 Å². The number of aromatic nitrogens is 3. The van der Waals surface area contributed by atoms with Crippen molar-refractivity contribution in [1.29, 1.82) is 0 Å². The Morgan fingerprint density at radius 1 is 1.16 bits per heavy atom. The van der Waals surface area contributed by atoms with Crippen LogP contribution in [0, 0.1) is 0 Å². The predicted octanol–water partition coefficient (Wildman–Crippen LogP) is 4.57. The van der Waals surface area contributed by atoms with Crippen LogP contribution in [-0.4, -0.2) is 31.7 Å². The van der Waals surface area contributed by atoms with E-state index in [-0.39, 0.29) is 25.0 Å². The highest BCUT2D eigenvalue weighted by molar-refractivity contribution is 6.30. The van der Waals surface area contributed by atoms with Gasteiger partial charge in [-0.2, -0.15) is 0 Å². The number of carbonyl (C=O) groups excluding carboxylic acids is 1. The van der Waals surface area contributed by atoms with Gasteiger partial charge in [0, 0.05) is 43.2 Å². The van der Waals surface area contributed by atoms with Crippen molar-refractivity contribution in [2.24, 2.45) is 7.05 Å². The molecule has 4 rings (SSSR count). The molecule has 2 aromatic heterocycles. The van der Waals surface area contributed by atoms with Gasteiger partial charge in [-0.1, -0.05) is 23.7 Å². The van der Waals surface area contributed by atoms with Crippen LogP contribution in [0.3, 0.4) is 0 Å². The number of aryl methyl sites for hydroxylation is 2. The fourth-order valence-electron chi connectivity index (χ4n) is 3.81. The third-order valence-electron chi connectivity index (χ3n) is 5.44. The number of amides is 1. The highest BCUT2D eigenvalue weighted by atomic mass is 35.5. The zero-order chi connectivity index (χ0) is 21.8. The van der Waals surface area contributed by atoms with Crippen molar-refractivity contribution >= 4 is 34.2 Å². The first-order valence-electron chi connectivity index (χ1n) is 10.3. The summed E-state index contributed by atoms with van der Waals surface area (Å²) < 4.78 is 4.05. The molecule has 4 aromatic rings. The lowest BCUT2D eigenvalue weighted by Gasteiger charge is -2.19. The molecule has 0 bridgehead atoms. The van der Waals surface area contributed by atoms with Crippen molar-refractivity contribution in [3.05, 3.63) is 83.4 Å². The number of rotatable bonds is 8. The van der Waals surface area contributed by atoms with E-state index in [4.69, 9.17) is 16.7 Å². The normalized spacial score (nSPS) is 12.2. The topological polar surface area (TPSA) is 72.1 Å². The van der Waals surface area contributed by atoms with Gasteiger partial charge >= 0.3 is 0 Å². The predicted molar refractivity (Wildman–Crippen MR) is 123 cm³/mol. The lowest BCUT2D eigenvalue weighted by atomic mass is 10.0. The molecule has 0 saturated carbocycles. The molecule has 7 heteroatoms. The molecule has 1 atom stereocenters. The molecule has 2 aromatic carbocycles. The molecule has 0 spiro atoms. The Labute approximate surface area is 186 Å². The van der Waals surface area contributed by atoms with E-state index in [9.17, 15) is 4.79 Å². The summed E-state index contributed by atoms with van der Waals surface area (Å²) in [6, 6.07) is 17.1. The van der Waals surface area contributed by atoms with Gasteiger partial charge in [-0.3, -0.25) is 4.79 Å². The van der Waals surface area contributed by atoms with Crippen LogP contribution in [0.1, 0.15) is 30.3 Å². The highest BCUT2D eigenvalue weighted by Crippen LogP contribution is 2.26. The molecular formula is C24H25ClN4O2. The fourth-order valence-corrected chi connectivity index (χ4v) is 3.94. The molecule has 0 saturated heterocycles. The van der Waals surface area contributed by atoms with Crippen LogP contribution in [0.5, 0.6) is 0 Å². The minimum atomic E-state index is -0.129. The van der Waals surface area contributed by atoms with Gasteiger partial charge in [0.1, 0.15) is 5.82 Å². The van der Waals surface area contributed by atoms with Crippen molar-refractivity contribution in [1.82, 2.24) is 14.1 Å².